The first-order valence-electron chi connectivity index (χ1n) is 20.8. The van der Waals surface area contributed by atoms with Crippen LogP contribution in [0.15, 0.2) is 77.2 Å². The molecular formula is C45H37Cl2F8N7O7. The van der Waals surface area contributed by atoms with Crippen LogP contribution in [-0.4, -0.2) is 109 Å². The lowest BCUT2D eigenvalue weighted by Crippen LogP contribution is -2.68. The molecule has 0 aliphatic carbocycles. The van der Waals surface area contributed by atoms with Gasteiger partial charge in [0, 0.05) is 59.8 Å². The van der Waals surface area contributed by atoms with E-state index in [2.05, 4.69) is 10.2 Å². The van der Waals surface area contributed by atoms with E-state index in [1.165, 1.54) is 58.3 Å². The number of hydrogen-bond acceptors (Lipinski definition) is 9. The number of benzene rings is 4. The molecule has 24 heteroatoms. The lowest BCUT2D eigenvalue weighted by Gasteiger charge is -2.55. The Balaban J connectivity index is 0.000000186. The first-order valence-corrected chi connectivity index (χ1v) is 21.6. The average Bonchev–Trinajstić information content (AvgIpc) is 3.76. The monoisotopic (exact) mass is 1010 g/mol. The van der Waals surface area contributed by atoms with Gasteiger partial charge in [0.25, 0.3) is 11.8 Å². The van der Waals surface area contributed by atoms with Gasteiger partial charge in [0.05, 0.1) is 66.9 Å². The molecule has 5 amide bonds. The number of amides is 5. The molecule has 14 nitrogen and oxygen atoms in total. The van der Waals surface area contributed by atoms with E-state index >= 15 is 0 Å². The first-order chi connectivity index (χ1) is 32.8. The Morgan fingerprint density at radius 3 is 1.55 bits per heavy atom. The number of carbonyl (C=O) groups excluding carboxylic acids is 4. The molecule has 0 atom stereocenters. The van der Waals surface area contributed by atoms with Gasteiger partial charge in [-0.05, 0) is 54.6 Å². The molecule has 5 heterocycles. The van der Waals surface area contributed by atoms with Gasteiger partial charge in [0.1, 0.15) is 23.3 Å². The van der Waals surface area contributed by atoms with Crippen molar-refractivity contribution >= 4 is 58.3 Å². The standard InChI is InChI=1S/C23H20ClF4N3O4.C22H17ClF4N4O3/c24-16-6-15(3-4-17(16)25)31(22(34)30-9-23(10-30)11-35-12-23)8-14-2-1-13(5-18(14)26)19(32)7-29-21(33)20(27)28;23-15-6-14(3-4-16(15)24)31(21(32)30-8-22(9-30)10-33-11-22)7-13-2-1-12(5-17(13)25)19-28-29-20(34-19)18(26)27/h1-6,20H,7-12H2,(H,29,33);1-6,18H,7-11H2. The van der Waals surface area contributed by atoms with Gasteiger partial charge in [-0.25, -0.2) is 27.2 Å². The molecule has 9 rings (SSSR count). The largest absolute Gasteiger partial charge is 0.415 e. The molecule has 0 unspecified atom stereocenters. The molecule has 4 aliphatic heterocycles. The predicted molar refractivity (Wildman–Crippen MR) is 230 cm³/mol. The number of urea groups is 2. The van der Waals surface area contributed by atoms with Crippen molar-refractivity contribution in [3.05, 3.63) is 129 Å². The van der Waals surface area contributed by atoms with Crippen molar-refractivity contribution in [1.29, 1.82) is 0 Å². The molecular weight excluding hydrogens is 973 g/mol. The van der Waals surface area contributed by atoms with E-state index in [1.54, 1.807) is 15.1 Å². The minimum atomic E-state index is -3.27. The molecule has 364 valence electrons. The molecule has 0 saturated carbocycles. The van der Waals surface area contributed by atoms with Gasteiger partial charge in [-0.15, -0.1) is 10.2 Å². The number of aromatic nitrogens is 2. The SMILES string of the molecule is O=C(CNC(=O)C(F)F)c1ccc(CN(C(=O)N2CC3(COC3)C2)c2ccc(F)c(Cl)c2)c(F)c1.O=C(N1CC2(COC2)C1)N(Cc1ccc(-c2nnc(C(F)F)o2)cc1F)c1ccc(F)c(Cl)c1. The molecule has 4 aromatic carbocycles. The van der Waals surface area contributed by atoms with Crippen molar-refractivity contribution in [2.24, 2.45) is 10.8 Å². The lowest BCUT2D eigenvalue weighted by atomic mass is 9.78. The zero-order chi connectivity index (χ0) is 49.4. The Hall–Kier alpha value is -6.36. The van der Waals surface area contributed by atoms with Crippen molar-refractivity contribution in [3.8, 4) is 11.5 Å². The fraction of sp³-hybridized carbons (Fsp3) is 0.333. The first kappa shape index (κ1) is 49.1. The number of rotatable bonds is 12. The van der Waals surface area contributed by atoms with Gasteiger partial charge in [0.15, 0.2) is 5.78 Å². The van der Waals surface area contributed by atoms with E-state index in [-0.39, 0.29) is 73.8 Å². The van der Waals surface area contributed by atoms with Crippen LogP contribution in [0, 0.1) is 34.1 Å². The summed E-state index contributed by atoms with van der Waals surface area (Å²) in [5.74, 6) is -6.36. The third kappa shape index (κ3) is 10.6. The third-order valence-corrected chi connectivity index (χ3v) is 12.3. The number of alkyl halides is 4. The number of nitrogens with one attached hydrogen (secondary N) is 1. The Labute approximate surface area is 396 Å². The van der Waals surface area contributed by atoms with Crippen LogP contribution in [0.1, 0.15) is 33.8 Å². The molecule has 69 heavy (non-hydrogen) atoms. The zero-order valence-electron chi connectivity index (χ0n) is 35.7. The van der Waals surface area contributed by atoms with Crippen LogP contribution in [-0.2, 0) is 27.4 Å². The summed E-state index contributed by atoms with van der Waals surface area (Å²) in [6.45, 7) is 3.07. The molecule has 1 N–H and O–H groups in total. The minimum Gasteiger partial charge on any atom is -0.415 e. The summed E-state index contributed by atoms with van der Waals surface area (Å²) in [5.41, 5.74) is 0.606. The van der Waals surface area contributed by atoms with Crippen molar-refractivity contribution in [3.63, 3.8) is 0 Å². The topological polar surface area (TPSA) is 151 Å². The molecule has 4 fully saturated rings. The Morgan fingerprint density at radius 2 is 1.14 bits per heavy atom. The summed E-state index contributed by atoms with van der Waals surface area (Å²) >= 11 is 11.8. The molecule has 4 aliphatic rings. The van der Waals surface area contributed by atoms with Crippen LogP contribution in [0.5, 0.6) is 0 Å². The Bertz CT molecular complexity index is 2780. The van der Waals surface area contributed by atoms with E-state index in [0.717, 1.165) is 24.3 Å². The summed E-state index contributed by atoms with van der Waals surface area (Å²) in [6.07, 6.45) is -6.22. The second-order valence-electron chi connectivity index (χ2n) is 16.9. The van der Waals surface area contributed by atoms with E-state index in [9.17, 15) is 54.3 Å². The van der Waals surface area contributed by atoms with Crippen molar-refractivity contribution < 1.29 is 68.2 Å². The van der Waals surface area contributed by atoms with Crippen LogP contribution in [0.2, 0.25) is 10.0 Å². The van der Waals surface area contributed by atoms with E-state index in [0.29, 0.717) is 58.3 Å². The highest BCUT2D eigenvalue weighted by atomic mass is 35.5. The van der Waals surface area contributed by atoms with Gasteiger partial charge in [-0.2, -0.15) is 17.6 Å². The number of ether oxygens (including phenoxy) is 2. The fourth-order valence-electron chi connectivity index (χ4n) is 7.91. The van der Waals surface area contributed by atoms with Gasteiger partial charge in [-0.1, -0.05) is 41.4 Å². The number of nitrogens with zero attached hydrogens (tertiary/aromatic N) is 6. The highest BCUT2D eigenvalue weighted by molar-refractivity contribution is 6.31. The fourth-order valence-corrected chi connectivity index (χ4v) is 8.26. The number of halogens is 10. The van der Waals surface area contributed by atoms with Gasteiger partial charge >= 0.3 is 24.9 Å². The van der Waals surface area contributed by atoms with Gasteiger partial charge in [0.2, 0.25) is 5.89 Å². The smallest absolute Gasteiger partial charge is 0.324 e. The van der Waals surface area contributed by atoms with Crippen LogP contribution >= 0.6 is 23.2 Å². The van der Waals surface area contributed by atoms with Crippen molar-refractivity contribution in [2.75, 3.05) is 69.0 Å². The maximum atomic E-state index is 15.0. The van der Waals surface area contributed by atoms with E-state index < -0.39 is 66.3 Å². The number of hydrogen-bond donors (Lipinski definition) is 1. The van der Waals surface area contributed by atoms with E-state index in [1.807, 2.05) is 0 Å². The van der Waals surface area contributed by atoms with Crippen LogP contribution in [0.4, 0.5) is 56.1 Å². The number of Topliss-reactive ketones (excluding diaryl/α,β-unsaturated/α-hetero) is 1. The lowest BCUT2D eigenvalue weighted by molar-refractivity contribution is -0.174. The Kier molecular flexibility index (Phi) is 14.2. The third-order valence-electron chi connectivity index (χ3n) is 11.8. The highest BCUT2D eigenvalue weighted by Crippen LogP contribution is 2.40. The number of ketones is 1. The van der Waals surface area contributed by atoms with Crippen molar-refractivity contribution in [1.82, 2.24) is 25.3 Å². The highest BCUT2D eigenvalue weighted by Gasteiger charge is 2.52. The summed E-state index contributed by atoms with van der Waals surface area (Å²) in [6, 6.07) is 14.0. The van der Waals surface area contributed by atoms with Crippen LogP contribution < -0.4 is 15.1 Å². The number of likely N-dealkylation sites (tertiary alicyclic amines) is 2. The second-order valence-corrected chi connectivity index (χ2v) is 17.7. The maximum absolute atomic E-state index is 15.0. The zero-order valence-corrected chi connectivity index (χ0v) is 37.2. The minimum absolute atomic E-state index is 0.0319. The summed E-state index contributed by atoms with van der Waals surface area (Å²) in [5, 5.41) is 8.12. The summed E-state index contributed by atoms with van der Waals surface area (Å²) in [7, 11) is 0. The van der Waals surface area contributed by atoms with Gasteiger partial charge in [-0.3, -0.25) is 19.4 Å². The number of anilines is 2. The molecule has 5 aromatic rings. The molecule has 1 aromatic heterocycles. The molecule has 4 saturated heterocycles. The molecule has 2 spiro atoms. The van der Waals surface area contributed by atoms with Crippen LogP contribution in [0.3, 0.4) is 0 Å². The normalized spacial score (nSPS) is 16.2. The maximum Gasteiger partial charge on any atom is 0.324 e. The second kappa shape index (κ2) is 19.9. The molecule has 0 radical (unpaired) electrons. The van der Waals surface area contributed by atoms with Crippen molar-refractivity contribution in [2.45, 2.75) is 25.9 Å². The van der Waals surface area contributed by atoms with Crippen LogP contribution in [0.25, 0.3) is 11.5 Å². The average molecular weight is 1010 g/mol. The van der Waals surface area contributed by atoms with E-state index in [4.69, 9.17) is 37.1 Å². The quantitative estimate of drug-likeness (QED) is 0.0957. The molecule has 0 bridgehead atoms. The Morgan fingerprint density at radius 1 is 0.652 bits per heavy atom. The summed E-state index contributed by atoms with van der Waals surface area (Å²) in [4.78, 5) is 55.3. The summed E-state index contributed by atoms with van der Waals surface area (Å²) < 4.78 is 123. The van der Waals surface area contributed by atoms with Gasteiger partial charge < -0.3 is 29.0 Å². The number of carbonyl (C=O) groups is 4. The predicted octanol–water partition coefficient (Wildman–Crippen LogP) is 8.71.